The molecule has 0 bridgehead atoms. The van der Waals surface area contributed by atoms with Crippen LogP contribution in [0.5, 0.6) is 0 Å². The van der Waals surface area contributed by atoms with Crippen LogP contribution in [0.2, 0.25) is 0 Å². The highest BCUT2D eigenvalue weighted by molar-refractivity contribution is 7.92. The van der Waals surface area contributed by atoms with Gasteiger partial charge in [-0.05, 0) is 48.0 Å². The van der Waals surface area contributed by atoms with Gasteiger partial charge in [-0.1, -0.05) is 35.6 Å². The number of halogens is 1. The van der Waals surface area contributed by atoms with Gasteiger partial charge in [0.25, 0.3) is 5.91 Å². The number of anilines is 2. The van der Waals surface area contributed by atoms with E-state index in [9.17, 15) is 22.4 Å². The highest BCUT2D eigenvalue weighted by atomic mass is 32.2. The summed E-state index contributed by atoms with van der Waals surface area (Å²) in [5.41, 5.74) is 2.27. The Hall–Kier alpha value is -3.50. The van der Waals surface area contributed by atoms with Crippen LogP contribution in [-0.2, 0) is 23.6 Å². The number of amides is 1. The number of rotatable bonds is 6. The number of carbonyl (C=O) groups is 1. The number of carbonyl (C=O) groups excluding carboxylic acids is 1. The average Bonchev–Trinajstić information content (AvgIpc) is 3.05. The Morgan fingerprint density at radius 1 is 1.09 bits per heavy atom. The van der Waals surface area contributed by atoms with Crippen molar-refractivity contribution in [2.45, 2.75) is 6.54 Å². The Kier molecular flexibility index (Phi) is 6.05. The molecule has 10 heteroatoms. The molecule has 0 fully saturated rings. The molecule has 7 nitrogen and oxygen atoms in total. The van der Waals surface area contributed by atoms with Crippen molar-refractivity contribution in [2.24, 2.45) is 7.05 Å². The smallest absolute Gasteiger partial charge is 0.307 e. The summed E-state index contributed by atoms with van der Waals surface area (Å²) in [7, 11) is -2.04. The van der Waals surface area contributed by atoms with Gasteiger partial charge in [0.2, 0.25) is 10.0 Å². The lowest BCUT2D eigenvalue weighted by Crippen LogP contribution is -2.30. The number of thiazole rings is 1. The van der Waals surface area contributed by atoms with Gasteiger partial charge in [0, 0.05) is 18.3 Å². The van der Waals surface area contributed by atoms with E-state index < -0.39 is 15.8 Å². The maximum Gasteiger partial charge on any atom is 0.307 e. The first-order chi connectivity index (χ1) is 15.6. The highest BCUT2D eigenvalue weighted by Crippen LogP contribution is 2.24. The summed E-state index contributed by atoms with van der Waals surface area (Å²) in [5.74, 6) is -0.988. The minimum atomic E-state index is -3.73. The minimum Gasteiger partial charge on any atom is -0.322 e. The minimum absolute atomic E-state index is 0.0413. The van der Waals surface area contributed by atoms with Crippen LogP contribution in [0.4, 0.5) is 15.8 Å². The number of benzene rings is 3. The van der Waals surface area contributed by atoms with Crippen molar-refractivity contribution in [3.63, 3.8) is 0 Å². The zero-order valence-electron chi connectivity index (χ0n) is 17.8. The molecule has 4 rings (SSSR count). The van der Waals surface area contributed by atoms with E-state index in [0.717, 1.165) is 32.1 Å². The van der Waals surface area contributed by atoms with E-state index in [4.69, 9.17) is 0 Å². The van der Waals surface area contributed by atoms with Crippen LogP contribution in [0.15, 0.2) is 71.5 Å². The normalized spacial score (nSPS) is 11.5. The Morgan fingerprint density at radius 2 is 1.79 bits per heavy atom. The van der Waals surface area contributed by atoms with Gasteiger partial charge < -0.3 is 9.88 Å². The van der Waals surface area contributed by atoms with Crippen molar-refractivity contribution in [3.8, 4) is 0 Å². The van der Waals surface area contributed by atoms with Crippen molar-refractivity contribution in [3.05, 3.63) is 93.3 Å². The second kappa shape index (κ2) is 8.80. The molecule has 33 heavy (non-hydrogen) atoms. The van der Waals surface area contributed by atoms with Crippen molar-refractivity contribution in [2.75, 3.05) is 15.9 Å². The molecule has 3 aromatic carbocycles. The van der Waals surface area contributed by atoms with E-state index in [1.165, 1.54) is 18.2 Å². The molecule has 4 aromatic rings. The quantitative estimate of drug-likeness (QED) is 0.448. The molecular weight excluding hydrogens is 465 g/mol. The molecular formula is C23H20FN3O4S2. The second-order valence-electron chi connectivity index (χ2n) is 7.48. The summed E-state index contributed by atoms with van der Waals surface area (Å²) in [6.45, 7) is -0.0781. The van der Waals surface area contributed by atoms with Crippen LogP contribution in [-0.4, -0.2) is 25.1 Å². The van der Waals surface area contributed by atoms with E-state index in [-0.39, 0.29) is 23.0 Å². The zero-order chi connectivity index (χ0) is 23.8. The van der Waals surface area contributed by atoms with Crippen LogP contribution in [0, 0.1) is 5.82 Å². The fourth-order valence-corrected chi connectivity index (χ4v) is 5.19. The van der Waals surface area contributed by atoms with Gasteiger partial charge in [-0.3, -0.25) is 13.9 Å². The van der Waals surface area contributed by atoms with Crippen LogP contribution >= 0.6 is 11.3 Å². The predicted octanol–water partition coefficient (Wildman–Crippen LogP) is 3.96. The van der Waals surface area contributed by atoms with Gasteiger partial charge in [0.15, 0.2) is 0 Å². The summed E-state index contributed by atoms with van der Waals surface area (Å²) in [6, 6.07) is 17.3. The lowest BCUT2D eigenvalue weighted by Gasteiger charge is -2.23. The monoisotopic (exact) mass is 485 g/mol. The van der Waals surface area contributed by atoms with Gasteiger partial charge in [-0.15, -0.1) is 0 Å². The molecule has 0 radical (unpaired) electrons. The van der Waals surface area contributed by atoms with Crippen molar-refractivity contribution < 1.29 is 17.6 Å². The molecule has 170 valence electrons. The maximum atomic E-state index is 14.2. The van der Waals surface area contributed by atoms with Crippen LogP contribution in [0.3, 0.4) is 0 Å². The number of nitrogens with zero attached hydrogens (tertiary/aromatic N) is 2. The first-order valence-corrected chi connectivity index (χ1v) is 12.5. The van der Waals surface area contributed by atoms with Gasteiger partial charge >= 0.3 is 4.87 Å². The summed E-state index contributed by atoms with van der Waals surface area (Å²) in [5, 5.41) is 2.80. The summed E-state index contributed by atoms with van der Waals surface area (Å²) >= 11 is 1.10. The first kappa shape index (κ1) is 22.7. The number of nitrogens with one attached hydrogen (secondary N) is 1. The van der Waals surface area contributed by atoms with E-state index >= 15 is 0 Å². The fraction of sp³-hybridized carbons (Fsp3) is 0.130. The third kappa shape index (κ3) is 4.81. The number of aromatic nitrogens is 1. The topological polar surface area (TPSA) is 88.5 Å². The number of hydrogen-bond acceptors (Lipinski definition) is 5. The Labute approximate surface area is 193 Å². The molecule has 0 aliphatic heterocycles. The molecule has 0 aliphatic carbocycles. The van der Waals surface area contributed by atoms with Gasteiger partial charge in [-0.2, -0.15) is 0 Å². The number of sulfonamides is 1. The van der Waals surface area contributed by atoms with Crippen molar-refractivity contribution in [1.29, 1.82) is 0 Å². The summed E-state index contributed by atoms with van der Waals surface area (Å²) < 4.78 is 42.0. The SMILES string of the molecule is Cn1c(=O)sc2cc(NC(=O)c3ccc(CN(c4ccccc4F)S(C)(=O)=O)cc3)ccc21. The molecule has 1 aromatic heterocycles. The van der Waals surface area contributed by atoms with Gasteiger partial charge in [0.05, 0.1) is 28.7 Å². The standard InChI is InChI=1S/C23H20FN3O4S2/c1-26-20-12-11-17(13-21(20)32-23(26)29)25-22(28)16-9-7-15(8-10-16)14-27(33(2,30)31)19-6-4-3-5-18(19)24/h3-13H,14H2,1-2H3,(H,25,28). The molecule has 1 N–H and O–H groups in total. The molecule has 1 heterocycles. The number of para-hydroxylation sites is 1. The second-order valence-corrected chi connectivity index (χ2v) is 10.4. The molecule has 0 saturated heterocycles. The molecule has 0 atom stereocenters. The van der Waals surface area contributed by atoms with E-state index in [1.807, 2.05) is 0 Å². The third-order valence-corrected chi connectivity index (χ3v) is 7.24. The average molecular weight is 486 g/mol. The molecule has 0 unspecified atom stereocenters. The molecule has 0 aliphatic rings. The third-order valence-electron chi connectivity index (χ3n) is 5.11. The molecule has 0 spiro atoms. The summed E-state index contributed by atoms with van der Waals surface area (Å²) in [6.07, 6.45) is 1.02. The van der Waals surface area contributed by atoms with Crippen molar-refractivity contribution >= 4 is 48.9 Å². The number of fused-ring (bicyclic) bond motifs is 1. The van der Waals surface area contributed by atoms with Crippen molar-refractivity contribution in [1.82, 2.24) is 4.57 Å². The van der Waals surface area contributed by atoms with E-state index in [1.54, 1.807) is 60.1 Å². The maximum absolute atomic E-state index is 14.2. The fourth-order valence-electron chi connectivity index (χ4n) is 3.38. The van der Waals surface area contributed by atoms with Gasteiger partial charge in [0.1, 0.15) is 5.82 Å². The Balaban J connectivity index is 1.52. The first-order valence-electron chi connectivity index (χ1n) is 9.85. The van der Waals surface area contributed by atoms with Crippen LogP contribution in [0.1, 0.15) is 15.9 Å². The van der Waals surface area contributed by atoms with Crippen LogP contribution in [0.25, 0.3) is 10.2 Å². The Morgan fingerprint density at radius 3 is 2.45 bits per heavy atom. The largest absolute Gasteiger partial charge is 0.322 e. The zero-order valence-corrected chi connectivity index (χ0v) is 19.4. The lowest BCUT2D eigenvalue weighted by molar-refractivity contribution is 0.102. The summed E-state index contributed by atoms with van der Waals surface area (Å²) in [4.78, 5) is 24.4. The van der Waals surface area contributed by atoms with E-state index in [0.29, 0.717) is 16.8 Å². The van der Waals surface area contributed by atoms with Gasteiger partial charge in [-0.25, -0.2) is 12.8 Å². The highest BCUT2D eigenvalue weighted by Gasteiger charge is 2.21. The molecule has 0 saturated carbocycles. The predicted molar refractivity (Wildman–Crippen MR) is 129 cm³/mol. The molecule has 1 amide bonds. The van der Waals surface area contributed by atoms with E-state index in [2.05, 4.69) is 5.32 Å². The number of aryl methyl sites for hydroxylation is 1. The van der Waals surface area contributed by atoms with Crippen LogP contribution < -0.4 is 14.5 Å². The number of hydrogen-bond donors (Lipinski definition) is 1. The lowest BCUT2D eigenvalue weighted by atomic mass is 10.1. The Bertz CT molecular complexity index is 1510.